The van der Waals surface area contributed by atoms with Crippen LogP contribution >= 0.6 is 11.6 Å². The molecule has 25 heavy (non-hydrogen) atoms. The number of non-ortho nitro benzene ring substituents is 1. The minimum Gasteiger partial charge on any atom is -0.434 e. The average molecular weight is 371 g/mol. The Labute approximate surface area is 146 Å². The van der Waals surface area contributed by atoms with Gasteiger partial charge in [0.1, 0.15) is 5.75 Å². The fourth-order valence-corrected chi connectivity index (χ4v) is 2.35. The molecule has 2 aromatic rings. The molecule has 0 radical (unpaired) electrons. The van der Waals surface area contributed by atoms with Crippen LogP contribution in [-0.4, -0.2) is 29.4 Å². The monoisotopic (exact) mass is 370 g/mol. The summed E-state index contributed by atoms with van der Waals surface area (Å²) in [6.45, 7) is -3.10. The van der Waals surface area contributed by atoms with Crippen molar-refractivity contribution in [1.82, 2.24) is 4.90 Å². The zero-order valence-electron chi connectivity index (χ0n) is 13.0. The molecular weight excluding hydrogens is 358 g/mol. The normalized spacial score (nSPS) is 10.6. The summed E-state index contributed by atoms with van der Waals surface area (Å²) >= 11 is 6.01. The van der Waals surface area contributed by atoms with Gasteiger partial charge in [0.25, 0.3) is 11.6 Å². The largest absolute Gasteiger partial charge is 0.434 e. The predicted molar refractivity (Wildman–Crippen MR) is 87.0 cm³/mol. The molecule has 6 nitrogen and oxygen atoms in total. The van der Waals surface area contributed by atoms with Gasteiger partial charge in [-0.3, -0.25) is 14.9 Å². The number of carbonyl (C=O) groups excluding carboxylic acids is 1. The molecule has 0 N–H and O–H groups in total. The highest BCUT2D eigenvalue weighted by Crippen LogP contribution is 2.25. The molecule has 0 atom stereocenters. The molecule has 132 valence electrons. The van der Waals surface area contributed by atoms with E-state index in [4.69, 9.17) is 11.6 Å². The SMILES string of the molecule is CN(Cc1cc([N+](=O)[O-])ccc1Cl)C(=O)c1ccccc1OC(F)F. The van der Waals surface area contributed by atoms with E-state index in [9.17, 15) is 23.7 Å². The first kappa shape index (κ1) is 18.6. The van der Waals surface area contributed by atoms with Crippen molar-refractivity contribution in [2.45, 2.75) is 13.2 Å². The molecule has 9 heteroatoms. The van der Waals surface area contributed by atoms with Crippen molar-refractivity contribution in [3.05, 3.63) is 68.7 Å². The number of alkyl halides is 2. The molecule has 2 rings (SSSR count). The number of hydrogen-bond donors (Lipinski definition) is 0. The molecule has 0 fully saturated rings. The third-order valence-electron chi connectivity index (χ3n) is 3.33. The Bertz CT molecular complexity index is 801. The van der Waals surface area contributed by atoms with E-state index in [1.165, 1.54) is 54.4 Å². The molecule has 0 aliphatic rings. The molecule has 0 saturated carbocycles. The van der Waals surface area contributed by atoms with Crippen LogP contribution in [0.25, 0.3) is 0 Å². The van der Waals surface area contributed by atoms with E-state index in [0.29, 0.717) is 5.56 Å². The number of amides is 1. The van der Waals surface area contributed by atoms with Crippen LogP contribution in [0.2, 0.25) is 5.02 Å². The van der Waals surface area contributed by atoms with Crippen LogP contribution < -0.4 is 4.74 Å². The van der Waals surface area contributed by atoms with E-state index < -0.39 is 17.4 Å². The predicted octanol–water partition coefficient (Wildman–Crippen LogP) is 4.12. The number of ether oxygens (including phenoxy) is 1. The minimum absolute atomic E-state index is 0.0393. The van der Waals surface area contributed by atoms with Crippen LogP contribution in [-0.2, 0) is 6.54 Å². The molecule has 0 aliphatic carbocycles. The third-order valence-corrected chi connectivity index (χ3v) is 3.70. The summed E-state index contributed by atoms with van der Waals surface area (Å²) in [5.41, 5.74) is 0.146. The quantitative estimate of drug-likeness (QED) is 0.566. The fraction of sp³-hybridized carbons (Fsp3) is 0.188. The van der Waals surface area contributed by atoms with Crippen molar-refractivity contribution in [3.8, 4) is 5.75 Å². The Morgan fingerprint density at radius 3 is 2.64 bits per heavy atom. The van der Waals surface area contributed by atoms with Crippen molar-refractivity contribution in [2.75, 3.05) is 7.05 Å². The number of hydrogen-bond acceptors (Lipinski definition) is 4. The molecule has 0 bridgehead atoms. The van der Waals surface area contributed by atoms with Gasteiger partial charge in [0.05, 0.1) is 10.5 Å². The first-order valence-electron chi connectivity index (χ1n) is 7.01. The maximum atomic E-state index is 12.5. The molecule has 0 aliphatic heterocycles. The fourth-order valence-electron chi connectivity index (χ4n) is 2.17. The highest BCUT2D eigenvalue weighted by Gasteiger charge is 2.20. The lowest BCUT2D eigenvalue weighted by Gasteiger charge is -2.19. The number of para-hydroxylation sites is 1. The highest BCUT2D eigenvalue weighted by atomic mass is 35.5. The first-order chi connectivity index (χ1) is 11.8. The summed E-state index contributed by atoms with van der Waals surface area (Å²) in [5.74, 6) is -0.835. The van der Waals surface area contributed by atoms with Crippen molar-refractivity contribution in [1.29, 1.82) is 0 Å². The van der Waals surface area contributed by atoms with Gasteiger partial charge < -0.3 is 9.64 Å². The Balaban J connectivity index is 2.24. The standard InChI is InChI=1S/C16H13ClF2N2O4/c1-20(9-10-8-11(21(23)24)6-7-13(10)17)15(22)12-4-2-3-5-14(12)25-16(18)19/h2-8,16H,9H2,1H3. The van der Waals surface area contributed by atoms with Crippen molar-refractivity contribution in [3.63, 3.8) is 0 Å². The van der Waals surface area contributed by atoms with Gasteiger partial charge in [-0.05, 0) is 23.8 Å². The molecule has 0 aromatic heterocycles. The Morgan fingerprint density at radius 2 is 2.00 bits per heavy atom. The number of rotatable bonds is 6. The number of carbonyl (C=O) groups is 1. The maximum Gasteiger partial charge on any atom is 0.387 e. The van der Waals surface area contributed by atoms with Crippen molar-refractivity contribution in [2.24, 2.45) is 0 Å². The lowest BCUT2D eigenvalue weighted by Crippen LogP contribution is -2.27. The minimum atomic E-state index is -3.06. The van der Waals surface area contributed by atoms with Crippen LogP contribution in [0.3, 0.4) is 0 Å². The average Bonchev–Trinajstić information content (AvgIpc) is 2.56. The van der Waals surface area contributed by atoms with Gasteiger partial charge >= 0.3 is 6.61 Å². The van der Waals surface area contributed by atoms with E-state index in [1.54, 1.807) is 0 Å². The molecule has 1 amide bonds. The van der Waals surface area contributed by atoms with E-state index in [0.717, 1.165) is 0 Å². The van der Waals surface area contributed by atoms with Crippen LogP contribution in [0.4, 0.5) is 14.5 Å². The lowest BCUT2D eigenvalue weighted by molar-refractivity contribution is -0.384. The molecule has 0 unspecified atom stereocenters. The van der Waals surface area contributed by atoms with E-state index in [1.807, 2.05) is 0 Å². The van der Waals surface area contributed by atoms with Crippen LogP contribution in [0.5, 0.6) is 5.75 Å². The van der Waals surface area contributed by atoms with Gasteiger partial charge in [0.15, 0.2) is 0 Å². The summed E-state index contributed by atoms with van der Waals surface area (Å²) in [6.07, 6.45) is 0. The Morgan fingerprint density at radius 1 is 1.32 bits per heavy atom. The molecule has 0 spiro atoms. The second kappa shape index (κ2) is 7.89. The van der Waals surface area contributed by atoms with E-state index >= 15 is 0 Å². The molecule has 0 saturated heterocycles. The Kier molecular flexibility index (Phi) is 5.87. The van der Waals surface area contributed by atoms with Gasteiger partial charge in [-0.2, -0.15) is 8.78 Å². The van der Waals surface area contributed by atoms with Gasteiger partial charge in [-0.15, -0.1) is 0 Å². The van der Waals surface area contributed by atoms with Crippen LogP contribution in [0.15, 0.2) is 42.5 Å². The number of nitro groups is 1. The summed E-state index contributed by atoms with van der Waals surface area (Å²) < 4.78 is 29.3. The lowest BCUT2D eigenvalue weighted by atomic mass is 10.1. The number of nitro benzene ring substituents is 1. The van der Waals surface area contributed by atoms with Crippen LogP contribution in [0.1, 0.15) is 15.9 Å². The van der Waals surface area contributed by atoms with Gasteiger partial charge in [-0.1, -0.05) is 23.7 Å². The van der Waals surface area contributed by atoms with Gasteiger partial charge in [-0.25, -0.2) is 0 Å². The maximum absolute atomic E-state index is 12.5. The van der Waals surface area contributed by atoms with Crippen molar-refractivity contribution < 1.29 is 23.2 Å². The number of nitrogens with zero attached hydrogens (tertiary/aromatic N) is 2. The van der Waals surface area contributed by atoms with Gasteiger partial charge in [0, 0.05) is 30.7 Å². The second-order valence-corrected chi connectivity index (χ2v) is 5.48. The zero-order valence-corrected chi connectivity index (χ0v) is 13.7. The van der Waals surface area contributed by atoms with E-state index in [-0.39, 0.29) is 28.6 Å². The summed E-state index contributed by atoms with van der Waals surface area (Å²) in [4.78, 5) is 24.0. The topological polar surface area (TPSA) is 72.7 Å². The Hall–Kier alpha value is -2.74. The summed E-state index contributed by atoms with van der Waals surface area (Å²) in [6, 6.07) is 9.46. The summed E-state index contributed by atoms with van der Waals surface area (Å²) in [5, 5.41) is 11.1. The smallest absolute Gasteiger partial charge is 0.387 e. The van der Waals surface area contributed by atoms with Gasteiger partial charge in [0.2, 0.25) is 0 Å². The molecular formula is C16H13ClF2N2O4. The zero-order chi connectivity index (χ0) is 18.6. The highest BCUT2D eigenvalue weighted by molar-refractivity contribution is 6.31. The van der Waals surface area contributed by atoms with E-state index in [2.05, 4.69) is 4.74 Å². The number of halogens is 3. The van der Waals surface area contributed by atoms with Crippen LogP contribution in [0, 0.1) is 10.1 Å². The summed E-state index contributed by atoms with van der Waals surface area (Å²) in [7, 11) is 1.43. The first-order valence-corrected chi connectivity index (χ1v) is 7.39. The third kappa shape index (κ3) is 4.63. The second-order valence-electron chi connectivity index (χ2n) is 5.07. The molecule has 0 heterocycles. The molecule has 2 aromatic carbocycles. The number of benzene rings is 2. The van der Waals surface area contributed by atoms with Crippen molar-refractivity contribution >= 4 is 23.2 Å².